The number of nitrogens with zero attached hydrogens (tertiary/aromatic N) is 2. The van der Waals surface area contributed by atoms with Crippen LogP contribution in [0.2, 0.25) is 0 Å². The third-order valence-corrected chi connectivity index (χ3v) is 3.20. The van der Waals surface area contributed by atoms with Gasteiger partial charge in [-0.2, -0.15) is 10.2 Å². The van der Waals surface area contributed by atoms with Gasteiger partial charge in [0.05, 0.1) is 26.6 Å². The number of nitrogens with one attached hydrogen (secondary N) is 2. The second-order valence-electron chi connectivity index (χ2n) is 4.94. The van der Waals surface area contributed by atoms with Crippen molar-refractivity contribution in [3.63, 3.8) is 0 Å². The molecule has 2 aromatic carbocycles. The molecular weight excluding hydrogens is 336 g/mol. The second kappa shape index (κ2) is 9.58. The molecule has 0 unspecified atom stereocenters. The number of carbonyl (C=O) groups excluding carboxylic acids is 2. The molecule has 2 amide bonds. The van der Waals surface area contributed by atoms with Gasteiger partial charge in [-0.05, 0) is 59.7 Å². The van der Waals surface area contributed by atoms with Gasteiger partial charge in [-0.25, -0.2) is 10.9 Å². The molecular formula is C18H18N4O4. The number of amides is 2. The van der Waals surface area contributed by atoms with Crippen LogP contribution >= 0.6 is 0 Å². The molecule has 0 radical (unpaired) electrons. The summed E-state index contributed by atoms with van der Waals surface area (Å²) in [6.07, 6.45) is 2.82. The van der Waals surface area contributed by atoms with Crippen molar-refractivity contribution in [2.45, 2.75) is 0 Å². The Morgan fingerprint density at radius 2 is 1.08 bits per heavy atom. The van der Waals surface area contributed by atoms with Crippen LogP contribution in [-0.4, -0.2) is 38.5 Å². The molecule has 0 heterocycles. The fourth-order valence-corrected chi connectivity index (χ4v) is 1.81. The molecule has 0 aromatic heterocycles. The van der Waals surface area contributed by atoms with Crippen LogP contribution in [0.5, 0.6) is 11.5 Å². The van der Waals surface area contributed by atoms with Crippen LogP contribution in [0.3, 0.4) is 0 Å². The maximum Gasteiger partial charge on any atom is 0.331 e. The molecule has 0 saturated carbocycles. The second-order valence-corrected chi connectivity index (χ2v) is 4.94. The first-order valence-electron chi connectivity index (χ1n) is 7.57. The lowest BCUT2D eigenvalue weighted by Gasteiger charge is -2.00. The summed E-state index contributed by atoms with van der Waals surface area (Å²) in [5, 5.41) is 7.42. The van der Waals surface area contributed by atoms with Gasteiger partial charge in [0, 0.05) is 0 Å². The highest BCUT2D eigenvalue weighted by atomic mass is 16.5. The van der Waals surface area contributed by atoms with Gasteiger partial charge in [-0.15, -0.1) is 0 Å². The van der Waals surface area contributed by atoms with Gasteiger partial charge in [0.15, 0.2) is 0 Å². The molecule has 0 saturated heterocycles. The van der Waals surface area contributed by atoms with Gasteiger partial charge >= 0.3 is 11.8 Å². The Balaban J connectivity index is 1.79. The zero-order valence-electron chi connectivity index (χ0n) is 14.3. The van der Waals surface area contributed by atoms with E-state index in [0.29, 0.717) is 11.5 Å². The van der Waals surface area contributed by atoms with E-state index >= 15 is 0 Å². The van der Waals surface area contributed by atoms with Crippen LogP contribution in [0.1, 0.15) is 11.1 Å². The van der Waals surface area contributed by atoms with Crippen LogP contribution in [0, 0.1) is 0 Å². The van der Waals surface area contributed by atoms with E-state index < -0.39 is 11.8 Å². The summed E-state index contributed by atoms with van der Waals surface area (Å²) in [4.78, 5) is 23.2. The average molecular weight is 354 g/mol. The molecule has 8 nitrogen and oxygen atoms in total. The van der Waals surface area contributed by atoms with E-state index in [4.69, 9.17) is 9.47 Å². The predicted octanol–water partition coefficient (Wildman–Crippen LogP) is 1.30. The minimum absolute atomic E-state index is 0.709. The van der Waals surface area contributed by atoms with E-state index in [1.54, 1.807) is 62.8 Å². The van der Waals surface area contributed by atoms with E-state index in [2.05, 4.69) is 21.1 Å². The van der Waals surface area contributed by atoms with Gasteiger partial charge < -0.3 is 9.47 Å². The monoisotopic (exact) mass is 354 g/mol. The number of hydrogen-bond acceptors (Lipinski definition) is 6. The Hall–Kier alpha value is -3.68. The number of rotatable bonds is 6. The minimum Gasteiger partial charge on any atom is -0.497 e. The van der Waals surface area contributed by atoms with E-state index in [9.17, 15) is 9.59 Å². The molecule has 2 aromatic rings. The van der Waals surface area contributed by atoms with Crippen molar-refractivity contribution in [3.8, 4) is 11.5 Å². The molecule has 0 aliphatic rings. The smallest absolute Gasteiger partial charge is 0.331 e. The first-order chi connectivity index (χ1) is 12.6. The Bertz CT molecular complexity index is 729. The standard InChI is InChI=1S/C18H18N4O4/c1-25-15-7-3-13(4-8-15)11-19-21-17(23)18(24)22-20-12-14-5-9-16(26-2)10-6-14/h3-12H,1-2H3,(H,21,23)(H,22,24)/b19-11+,20-12+. The van der Waals surface area contributed by atoms with Crippen LogP contribution in [0.15, 0.2) is 58.7 Å². The molecule has 2 N–H and O–H groups in total. The highest BCUT2D eigenvalue weighted by Crippen LogP contribution is 2.10. The van der Waals surface area contributed by atoms with Crippen LogP contribution in [-0.2, 0) is 9.59 Å². The largest absolute Gasteiger partial charge is 0.497 e. The van der Waals surface area contributed by atoms with Crippen molar-refractivity contribution < 1.29 is 19.1 Å². The van der Waals surface area contributed by atoms with Crippen molar-refractivity contribution >= 4 is 24.2 Å². The number of benzene rings is 2. The van der Waals surface area contributed by atoms with E-state index in [1.807, 2.05) is 0 Å². The Morgan fingerprint density at radius 3 is 1.38 bits per heavy atom. The average Bonchev–Trinajstić information content (AvgIpc) is 2.68. The van der Waals surface area contributed by atoms with Crippen LogP contribution in [0.4, 0.5) is 0 Å². The van der Waals surface area contributed by atoms with Crippen molar-refractivity contribution in [2.75, 3.05) is 14.2 Å². The minimum atomic E-state index is -0.929. The van der Waals surface area contributed by atoms with E-state index in [0.717, 1.165) is 11.1 Å². The zero-order valence-corrected chi connectivity index (χ0v) is 14.3. The number of hydrogen-bond donors (Lipinski definition) is 2. The fourth-order valence-electron chi connectivity index (χ4n) is 1.81. The predicted molar refractivity (Wildman–Crippen MR) is 97.5 cm³/mol. The fraction of sp³-hybridized carbons (Fsp3) is 0.111. The zero-order chi connectivity index (χ0) is 18.8. The first-order valence-corrected chi connectivity index (χ1v) is 7.57. The highest BCUT2D eigenvalue weighted by Gasteiger charge is 2.10. The number of ether oxygens (including phenoxy) is 2. The summed E-state index contributed by atoms with van der Waals surface area (Å²) in [5.41, 5.74) is 5.72. The molecule has 2 rings (SSSR count). The molecule has 0 spiro atoms. The lowest BCUT2D eigenvalue weighted by Crippen LogP contribution is -2.35. The van der Waals surface area contributed by atoms with Crippen molar-refractivity contribution in [1.82, 2.24) is 10.9 Å². The van der Waals surface area contributed by atoms with E-state index in [-0.39, 0.29) is 0 Å². The summed E-state index contributed by atoms with van der Waals surface area (Å²) in [7, 11) is 3.14. The maximum atomic E-state index is 11.6. The molecule has 26 heavy (non-hydrogen) atoms. The summed E-state index contributed by atoms with van der Waals surface area (Å²) >= 11 is 0. The quantitative estimate of drug-likeness (QED) is 0.464. The lowest BCUT2D eigenvalue weighted by molar-refractivity contribution is -0.139. The van der Waals surface area contributed by atoms with Gasteiger partial charge in [-0.1, -0.05) is 0 Å². The molecule has 0 aliphatic carbocycles. The third kappa shape index (κ3) is 5.75. The first kappa shape index (κ1) is 18.7. The van der Waals surface area contributed by atoms with Gasteiger partial charge in [0.1, 0.15) is 11.5 Å². The van der Waals surface area contributed by atoms with Crippen molar-refractivity contribution in [3.05, 3.63) is 59.7 Å². The van der Waals surface area contributed by atoms with Crippen molar-refractivity contribution in [2.24, 2.45) is 10.2 Å². The SMILES string of the molecule is COc1ccc(/C=N/NC(=O)C(=O)N/N=C/c2ccc(OC)cc2)cc1. The molecule has 0 atom stereocenters. The van der Waals surface area contributed by atoms with Crippen LogP contribution < -0.4 is 20.3 Å². The van der Waals surface area contributed by atoms with Crippen LogP contribution in [0.25, 0.3) is 0 Å². The summed E-state index contributed by atoms with van der Waals surface area (Å²) in [5.74, 6) is -0.441. The molecule has 0 bridgehead atoms. The maximum absolute atomic E-state index is 11.6. The molecule has 8 heteroatoms. The summed E-state index contributed by atoms with van der Waals surface area (Å²) < 4.78 is 10.1. The molecule has 0 aliphatic heterocycles. The molecule has 134 valence electrons. The summed E-state index contributed by atoms with van der Waals surface area (Å²) in [6, 6.07) is 14.0. The lowest BCUT2D eigenvalue weighted by atomic mass is 10.2. The number of methoxy groups -OCH3 is 2. The van der Waals surface area contributed by atoms with Gasteiger partial charge in [-0.3, -0.25) is 9.59 Å². The Morgan fingerprint density at radius 1 is 0.731 bits per heavy atom. The normalized spacial score (nSPS) is 10.7. The number of hydrazone groups is 2. The third-order valence-electron chi connectivity index (χ3n) is 3.20. The summed E-state index contributed by atoms with van der Waals surface area (Å²) in [6.45, 7) is 0. The Labute approximate surface area is 150 Å². The van der Waals surface area contributed by atoms with Gasteiger partial charge in [0.2, 0.25) is 0 Å². The Kier molecular flexibility index (Phi) is 6.87. The number of carbonyl (C=O) groups is 2. The van der Waals surface area contributed by atoms with Crippen molar-refractivity contribution in [1.29, 1.82) is 0 Å². The molecule has 0 fully saturated rings. The topological polar surface area (TPSA) is 101 Å². The van der Waals surface area contributed by atoms with E-state index in [1.165, 1.54) is 12.4 Å². The highest BCUT2D eigenvalue weighted by molar-refractivity contribution is 6.35. The van der Waals surface area contributed by atoms with Gasteiger partial charge in [0.25, 0.3) is 0 Å².